The molecule has 1 fully saturated rings. The van der Waals surface area contributed by atoms with Gasteiger partial charge in [0.1, 0.15) is 11.5 Å². The van der Waals surface area contributed by atoms with Gasteiger partial charge in [-0.2, -0.15) is 0 Å². The summed E-state index contributed by atoms with van der Waals surface area (Å²) < 4.78 is 7.06. The molecule has 2 aromatic carbocycles. The predicted molar refractivity (Wildman–Crippen MR) is 120 cm³/mol. The van der Waals surface area contributed by atoms with Gasteiger partial charge in [0.05, 0.1) is 18.1 Å². The lowest BCUT2D eigenvalue weighted by atomic mass is 9.69. The number of Topliss-reactive ketones (excluding diaryl/α,β-unsaturated/α-hetero) is 1. The number of nitrogen functional groups attached to an aromatic ring is 1. The smallest absolute Gasteiger partial charge is 0.238 e. The number of hydrogen-bond acceptors (Lipinski definition) is 5. The van der Waals surface area contributed by atoms with Crippen LogP contribution in [0.5, 0.6) is 5.75 Å². The number of rotatable bonds is 5. The van der Waals surface area contributed by atoms with E-state index in [0.717, 1.165) is 28.6 Å². The maximum absolute atomic E-state index is 13.5. The van der Waals surface area contributed by atoms with Gasteiger partial charge in [-0.1, -0.05) is 22.0 Å². The van der Waals surface area contributed by atoms with Crippen LogP contribution in [0.1, 0.15) is 43.7 Å². The van der Waals surface area contributed by atoms with Crippen molar-refractivity contribution in [1.29, 1.82) is 5.41 Å². The zero-order chi connectivity index (χ0) is 21.5. The Balaban J connectivity index is 1.57. The molecule has 2 aromatic rings. The van der Waals surface area contributed by atoms with Crippen molar-refractivity contribution in [2.24, 2.45) is 0 Å². The molecule has 7 heteroatoms. The van der Waals surface area contributed by atoms with Crippen molar-refractivity contribution in [3.05, 3.63) is 52.0 Å². The Morgan fingerprint density at radius 3 is 2.73 bits per heavy atom. The summed E-state index contributed by atoms with van der Waals surface area (Å²) in [4.78, 5) is 26.9. The first-order chi connectivity index (χ1) is 14.4. The summed E-state index contributed by atoms with van der Waals surface area (Å²) in [5.41, 5.74) is 8.24. The van der Waals surface area contributed by atoms with Crippen molar-refractivity contribution in [3.8, 4) is 5.75 Å². The van der Waals surface area contributed by atoms with Gasteiger partial charge in [-0.25, -0.2) is 0 Å². The molecule has 1 heterocycles. The van der Waals surface area contributed by atoms with E-state index in [1.54, 1.807) is 17.0 Å². The van der Waals surface area contributed by atoms with E-state index in [1.165, 1.54) is 13.1 Å². The SMILES string of the molecule is CC(=O)CN1C(=O)C2(CCC(Oc3ccc(N)c(C=N)c3)CC2)c2c(Br)cccc21. The van der Waals surface area contributed by atoms with Gasteiger partial charge >= 0.3 is 0 Å². The van der Waals surface area contributed by atoms with Crippen LogP contribution in [0.4, 0.5) is 11.4 Å². The highest BCUT2D eigenvalue weighted by atomic mass is 79.9. The molecule has 30 heavy (non-hydrogen) atoms. The first-order valence-electron chi connectivity index (χ1n) is 10.0. The molecule has 1 aliphatic carbocycles. The van der Waals surface area contributed by atoms with Crippen molar-refractivity contribution in [1.82, 2.24) is 0 Å². The number of carbonyl (C=O) groups excluding carboxylic acids is 2. The Morgan fingerprint density at radius 2 is 2.07 bits per heavy atom. The minimum absolute atomic E-state index is 0.0108. The van der Waals surface area contributed by atoms with Crippen LogP contribution < -0.4 is 15.4 Å². The predicted octanol–water partition coefficient (Wildman–Crippen LogP) is 4.22. The average molecular weight is 470 g/mol. The number of benzene rings is 2. The van der Waals surface area contributed by atoms with E-state index in [9.17, 15) is 9.59 Å². The number of halogens is 1. The van der Waals surface area contributed by atoms with Gasteiger partial charge < -0.3 is 20.8 Å². The highest BCUT2D eigenvalue weighted by Gasteiger charge is 2.53. The second kappa shape index (κ2) is 7.87. The summed E-state index contributed by atoms with van der Waals surface area (Å²) >= 11 is 3.64. The van der Waals surface area contributed by atoms with E-state index in [4.69, 9.17) is 15.9 Å². The Labute approximate surface area is 184 Å². The third-order valence-electron chi connectivity index (χ3n) is 6.10. The number of anilines is 2. The average Bonchev–Trinajstić information content (AvgIpc) is 2.94. The van der Waals surface area contributed by atoms with E-state index in [2.05, 4.69) is 15.9 Å². The third kappa shape index (κ3) is 3.41. The highest BCUT2D eigenvalue weighted by molar-refractivity contribution is 9.10. The maximum Gasteiger partial charge on any atom is 0.238 e. The van der Waals surface area contributed by atoms with Gasteiger partial charge in [0, 0.05) is 33.2 Å². The minimum atomic E-state index is -0.619. The number of amides is 1. The number of fused-ring (bicyclic) bond motifs is 2. The number of ether oxygens (including phenoxy) is 1. The number of carbonyl (C=O) groups is 2. The molecule has 0 aromatic heterocycles. The Bertz CT molecular complexity index is 1030. The molecule has 1 aliphatic heterocycles. The van der Waals surface area contributed by atoms with Crippen LogP contribution in [0, 0.1) is 5.41 Å². The maximum atomic E-state index is 13.5. The molecule has 0 radical (unpaired) electrons. The number of nitrogens with one attached hydrogen (secondary N) is 1. The molecule has 1 amide bonds. The summed E-state index contributed by atoms with van der Waals surface area (Å²) in [7, 11) is 0. The fraction of sp³-hybridized carbons (Fsp3) is 0.348. The molecule has 4 rings (SSSR count). The fourth-order valence-corrected chi connectivity index (χ4v) is 5.41. The van der Waals surface area contributed by atoms with E-state index >= 15 is 0 Å². The van der Waals surface area contributed by atoms with Crippen LogP contribution in [0.15, 0.2) is 40.9 Å². The highest BCUT2D eigenvalue weighted by Crippen LogP contribution is 2.53. The molecule has 3 N–H and O–H groups in total. The van der Waals surface area contributed by atoms with Crippen LogP contribution in [-0.4, -0.2) is 30.6 Å². The molecule has 1 spiro atoms. The van der Waals surface area contributed by atoms with Gasteiger partial charge in [0.2, 0.25) is 5.91 Å². The quantitative estimate of drug-likeness (QED) is 0.505. The molecule has 2 aliphatic rings. The first kappa shape index (κ1) is 20.6. The normalized spacial score (nSPS) is 22.8. The molecule has 0 bridgehead atoms. The number of ketones is 1. The lowest BCUT2D eigenvalue weighted by molar-refractivity contribution is -0.126. The molecule has 0 saturated heterocycles. The molecule has 6 nitrogen and oxygen atoms in total. The first-order valence-corrected chi connectivity index (χ1v) is 10.8. The standard InChI is InChI=1S/C23H24BrN3O3/c1-14(28)13-27-20-4-2-3-18(24)21(20)23(22(27)29)9-7-16(8-10-23)30-17-5-6-19(26)15(11-17)12-25/h2-6,11-12,16,25H,7-10,13,26H2,1H3. The van der Waals surface area contributed by atoms with Crippen molar-refractivity contribution in [3.63, 3.8) is 0 Å². The van der Waals surface area contributed by atoms with Crippen molar-refractivity contribution < 1.29 is 14.3 Å². The summed E-state index contributed by atoms with van der Waals surface area (Å²) in [6.07, 6.45) is 3.97. The summed E-state index contributed by atoms with van der Waals surface area (Å²) in [6, 6.07) is 11.1. The molecule has 156 valence electrons. The Hall–Kier alpha value is -2.67. The largest absolute Gasteiger partial charge is 0.490 e. The third-order valence-corrected chi connectivity index (χ3v) is 6.76. The van der Waals surface area contributed by atoms with Gasteiger partial charge in [-0.15, -0.1) is 0 Å². The van der Waals surface area contributed by atoms with Gasteiger partial charge in [-0.05, 0) is 62.9 Å². The van der Waals surface area contributed by atoms with Crippen LogP contribution >= 0.6 is 15.9 Å². The molecular formula is C23H24BrN3O3. The zero-order valence-corrected chi connectivity index (χ0v) is 18.4. The lowest BCUT2D eigenvalue weighted by Crippen LogP contribution is -2.45. The van der Waals surface area contributed by atoms with Crippen molar-refractivity contribution in [2.45, 2.75) is 44.1 Å². The van der Waals surface area contributed by atoms with Crippen LogP contribution in [0.3, 0.4) is 0 Å². The molecule has 0 unspecified atom stereocenters. The topological polar surface area (TPSA) is 96.5 Å². The number of nitrogens with zero attached hydrogens (tertiary/aromatic N) is 1. The zero-order valence-electron chi connectivity index (χ0n) is 16.8. The second-order valence-electron chi connectivity index (χ2n) is 8.06. The van der Waals surface area contributed by atoms with E-state index in [0.29, 0.717) is 29.8 Å². The lowest BCUT2D eigenvalue weighted by Gasteiger charge is -2.36. The van der Waals surface area contributed by atoms with Crippen molar-refractivity contribution in [2.75, 3.05) is 17.2 Å². The van der Waals surface area contributed by atoms with Crippen LogP contribution in [0.2, 0.25) is 0 Å². The van der Waals surface area contributed by atoms with Gasteiger partial charge in [0.15, 0.2) is 0 Å². The van der Waals surface area contributed by atoms with E-state index in [-0.39, 0.29) is 24.3 Å². The molecule has 1 saturated carbocycles. The second-order valence-corrected chi connectivity index (χ2v) is 8.92. The van der Waals surface area contributed by atoms with Gasteiger partial charge in [0.25, 0.3) is 0 Å². The van der Waals surface area contributed by atoms with Crippen molar-refractivity contribution >= 4 is 45.2 Å². The minimum Gasteiger partial charge on any atom is -0.490 e. The number of hydrogen-bond donors (Lipinski definition) is 2. The van der Waals surface area contributed by atoms with E-state index in [1.807, 2.05) is 24.3 Å². The van der Waals surface area contributed by atoms with Crippen LogP contribution in [-0.2, 0) is 15.0 Å². The number of nitrogens with two attached hydrogens (primary N) is 1. The summed E-state index contributed by atoms with van der Waals surface area (Å²) in [5.74, 6) is 0.659. The molecule has 0 atom stereocenters. The summed E-state index contributed by atoms with van der Waals surface area (Å²) in [6.45, 7) is 1.61. The van der Waals surface area contributed by atoms with Crippen LogP contribution in [0.25, 0.3) is 0 Å². The Kier molecular flexibility index (Phi) is 5.40. The molecular weight excluding hydrogens is 446 g/mol. The van der Waals surface area contributed by atoms with E-state index < -0.39 is 5.41 Å². The monoisotopic (exact) mass is 469 g/mol. The van der Waals surface area contributed by atoms with Gasteiger partial charge in [-0.3, -0.25) is 9.59 Å². The Morgan fingerprint density at radius 1 is 1.33 bits per heavy atom. The summed E-state index contributed by atoms with van der Waals surface area (Å²) in [5, 5.41) is 7.46. The fourth-order valence-electron chi connectivity index (χ4n) is 4.68.